The van der Waals surface area contributed by atoms with Gasteiger partial charge in [0, 0.05) is 5.02 Å². The lowest BCUT2D eigenvalue weighted by molar-refractivity contribution is 0.541. The van der Waals surface area contributed by atoms with Gasteiger partial charge in [0.25, 0.3) is 0 Å². The molecular formula is C12H18ClNOS. The van der Waals surface area contributed by atoms with E-state index in [0.29, 0.717) is 0 Å². The fourth-order valence-electron chi connectivity index (χ4n) is 1.80. The first-order chi connectivity index (χ1) is 7.34. The van der Waals surface area contributed by atoms with Crippen molar-refractivity contribution in [1.29, 1.82) is 0 Å². The predicted molar refractivity (Wildman–Crippen MR) is 70.9 cm³/mol. The van der Waals surface area contributed by atoms with Crippen LogP contribution >= 0.6 is 11.6 Å². The lowest BCUT2D eigenvalue weighted by atomic mass is 9.91. The van der Waals surface area contributed by atoms with Crippen molar-refractivity contribution < 1.29 is 4.21 Å². The Bertz CT molecular complexity index is 392. The van der Waals surface area contributed by atoms with Crippen molar-refractivity contribution >= 4 is 22.6 Å². The highest BCUT2D eigenvalue weighted by Crippen LogP contribution is 2.32. The standard InChI is InChI=1S/C12H18ClNOS/c1-9(8-12(2,3)16(14)15)10-6-4-5-7-11(10)13/h4-7,9H,8,14H2,1-3H3/t9-,16?/m1/s1. The second-order valence-electron chi connectivity index (χ2n) is 4.68. The lowest BCUT2D eigenvalue weighted by Crippen LogP contribution is -2.33. The van der Waals surface area contributed by atoms with Crippen LogP contribution < -0.4 is 5.14 Å². The molecule has 0 aliphatic heterocycles. The highest BCUT2D eigenvalue weighted by atomic mass is 35.5. The zero-order valence-electron chi connectivity index (χ0n) is 9.87. The van der Waals surface area contributed by atoms with E-state index >= 15 is 0 Å². The Hall–Kier alpha value is -0.380. The Labute approximate surface area is 105 Å². The molecule has 0 saturated carbocycles. The van der Waals surface area contributed by atoms with Crippen LogP contribution in [0.4, 0.5) is 0 Å². The molecule has 1 unspecified atom stereocenters. The molecule has 0 aromatic heterocycles. The van der Waals surface area contributed by atoms with Crippen LogP contribution in [0.5, 0.6) is 0 Å². The molecular weight excluding hydrogens is 242 g/mol. The predicted octanol–water partition coefficient (Wildman–Crippen LogP) is 3.23. The van der Waals surface area contributed by atoms with Gasteiger partial charge < -0.3 is 0 Å². The summed E-state index contributed by atoms with van der Waals surface area (Å²) in [7, 11) is -1.32. The summed E-state index contributed by atoms with van der Waals surface area (Å²) in [5, 5.41) is 6.23. The van der Waals surface area contributed by atoms with E-state index in [1.54, 1.807) is 0 Å². The Morgan fingerprint density at radius 3 is 2.50 bits per heavy atom. The van der Waals surface area contributed by atoms with Crippen molar-refractivity contribution in [3.63, 3.8) is 0 Å². The third kappa shape index (κ3) is 3.30. The molecule has 0 radical (unpaired) electrons. The largest absolute Gasteiger partial charge is 0.251 e. The van der Waals surface area contributed by atoms with Crippen LogP contribution in [-0.2, 0) is 11.0 Å². The summed E-state index contributed by atoms with van der Waals surface area (Å²) < 4.78 is 11.0. The zero-order chi connectivity index (χ0) is 12.3. The Kier molecular flexibility index (Phi) is 4.53. The zero-order valence-corrected chi connectivity index (χ0v) is 11.4. The van der Waals surface area contributed by atoms with Crippen LogP contribution in [0.25, 0.3) is 0 Å². The van der Waals surface area contributed by atoms with E-state index in [1.807, 2.05) is 38.1 Å². The Morgan fingerprint density at radius 1 is 1.44 bits per heavy atom. The van der Waals surface area contributed by atoms with E-state index in [4.69, 9.17) is 16.7 Å². The number of rotatable bonds is 4. The van der Waals surface area contributed by atoms with Crippen LogP contribution in [0.2, 0.25) is 5.02 Å². The maximum absolute atomic E-state index is 11.4. The molecule has 4 heteroatoms. The van der Waals surface area contributed by atoms with Gasteiger partial charge >= 0.3 is 0 Å². The first-order valence-electron chi connectivity index (χ1n) is 5.25. The Balaban J connectivity index is 2.85. The molecule has 0 bridgehead atoms. The quantitative estimate of drug-likeness (QED) is 0.886. The maximum atomic E-state index is 11.4. The normalized spacial score (nSPS) is 15.8. The van der Waals surface area contributed by atoms with Crippen molar-refractivity contribution in [1.82, 2.24) is 0 Å². The Morgan fingerprint density at radius 2 is 2.00 bits per heavy atom. The van der Waals surface area contributed by atoms with Gasteiger partial charge in [-0.15, -0.1) is 0 Å². The number of hydrogen-bond donors (Lipinski definition) is 1. The fraction of sp³-hybridized carbons (Fsp3) is 0.500. The first kappa shape index (κ1) is 13.7. The highest BCUT2D eigenvalue weighted by Gasteiger charge is 2.27. The van der Waals surface area contributed by atoms with Gasteiger partial charge in [0.05, 0.1) is 15.7 Å². The molecule has 2 nitrogen and oxygen atoms in total. The highest BCUT2D eigenvalue weighted by molar-refractivity contribution is 7.84. The van der Waals surface area contributed by atoms with Crippen molar-refractivity contribution in [2.75, 3.05) is 0 Å². The lowest BCUT2D eigenvalue weighted by Gasteiger charge is -2.25. The molecule has 0 fully saturated rings. The van der Waals surface area contributed by atoms with E-state index in [1.165, 1.54) is 0 Å². The van der Waals surface area contributed by atoms with Crippen molar-refractivity contribution in [3.8, 4) is 0 Å². The molecule has 2 atom stereocenters. The van der Waals surface area contributed by atoms with E-state index in [0.717, 1.165) is 17.0 Å². The molecule has 16 heavy (non-hydrogen) atoms. The van der Waals surface area contributed by atoms with Gasteiger partial charge in [-0.25, -0.2) is 4.21 Å². The SMILES string of the molecule is C[C@H](CC(C)(C)S(N)=O)c1ccccc1Cl. The van der Waals surface area contributed by atoms with Crippen molar-refractivity contribution in [3.05, 3.63) is 34.9 Å². The van der Waals surface area contributed by atoms with Crippen molar-refractivity contribution in [2.45, 2.75) is 37.9 Å². The van der Waals surface area contributed by atoms with Crippen LogP contribution in [-0.4, -0.2) is 8.96 Å². The maximum Gasteiger partial charge on any atom is 0.0945 e. The third-order valence-electron chi connectivity index (χ3n) is 2.78. The molecule has 0 saturated heterocycles. The molecule has 2 N–H and O–H groups in total. The summed E-state index contributed by atoms with van der Waals surface area (Å²) >= 11 is 6.12. The minimum Gasteiger partial charge on any atom is -0.251 e. The molecule has 0 amide bonds. The minimum absolute atomic E-state index is 0.246. The monoisotopic (exact) mass is 259 g/mol. The summed E-state index contributed by atoms with van der Waals surface area (Å²) in [6.07, 6.45) is 0.750. The number of hydrogen-bond acceptors (Lipinski definition) is 1. The summed E-state index contributed by atoms with van der Waals surface area (Å²) in [6, 6.07) is 7.75. The van der Waals surface area contributed by atoms with Crippen LogP contribution in [0.1, 0.15) is 38.7 Å². The fourth-order valence-corrected chi connectivity index (χ4v) is 2.54. The van der Waals surface area contributed by atoms with Crippen LogP contribution in [0.3, 0.4) is 0 Å². The summed E-state index contributed by atoms with van der Waals surface area (Å²) in [4.78, 5) is 0. The van der Waals surface area contributed by atoms with E-state index in [2.05, 4.69) is 6.92 Å². The topological polar surface area (TPSA) is 43.1 Å². The van der Waals surface area contributed by atoms with Gasteiger partial charge in [-0.05, 0) is 37.8 Å². The molecule has 0 spiro atoms. The average molecular weight is 260 g/mol. The summed E-state index contributed by atoms with van der Waals surface area (Å²) in [5.41, 5.74) is 1.09. The molecule has 90 valence electrons. The van der Waals surface area contributed by atoms with E-state index in [9.17, 15) is 4.21 Å². The van der Waals surface area contributed by atoms with Crippen molar-refractivity contribution in [2.24, 2.45) is 5.14 Å². The molecule has 0 aliphatic rings. The van der Waals surface area contributed by atoms with Crippen LogP contribution in [0, 0.1) is 0 Å². The second-order valence-corrected chi connectivity index (χ2v) is 6.79. The second kappa shape index (κ2) is 5.30. The van der Waals surface area contributed by atoms with Gasteiger partial charge in [0.1, 0.15) is 0 Å². The average Bonchev–Trinajstić information content (AvgIpc) is 2.17. The van der Waals surface area contributed by atoms with Gasteiger partial charge in [0.2, 0.25) is 0 Å². The first-order valence-corrected chi connectivity index (χ1v) is 6.84. The van der Waals surface area contributed by atoms with E-state index < -0.39 is 15.7 Å². The minimum atomic E-state index is -1.32. The molecule has 1 aromatic carbocycles. The van der Waals surface area contributed by atoms with Gasteiger partial charge in [-0.1, -0.05) is 36.7 Å². The number of halogens is 1. The molecule has 1 rings (SSSR count). The van der Waals surface area contributed by atoms with Gasteiger partial charge in [0.15, 0.2) is 0 Å². The summed E-state index contributed by atoms with van der Waals surface area (Å²) in [5.74, 6) is 0.246. The molecule has 0 heterocycles. The van der Waals surface area contributed by atoms with Gasteiger partial charge in [-0.2, -0.15) is 0 Å². The summed E-state index contributed by atoms with van der Waals surface area (Å²) in [6.45, 7) is 5.91. The molecule has 1 aromatic rings. The number of nitrogens with two attached hydrogens (primary N) is 1. The van der Waals surface area contributed by atoms with Gasteiger partial charge in [-0.3, -0.25) is 5.14 Å². The van der Waals surface area contributed by atoms with Crippen LogP contribution in [0.15, 0.2) is 24.3 Å². The molecule has 0 aliphatic carbocycles. The third-order valence-corrected chi connectivity index (χ3v) is 4.38. The smallest absolute Gasteiger partial charge is 0.0945 e. The number of benzene rings is 1. The van der Waals surface area contributed by atoms with E-state index in [-0.39, 0.29) is 5.92 Å².